The third-order valence-corrected chi connectivity index (χ3v) is 3.64. The Hall–Kier alpha value is -2.52. The molecule has 0 spiro atoms. The molecule has 1 aliphatic rings. The molecule has 134 valence electrons. The molecule has 6 nitrogen and oxygen atoms in total. The van der Waals surface area contributed by atoms with Gasteiger partial charge in [0.05, 0.1) is 30.8 Å². The molecule has 0 radical (unpaired) electrons. The molecule has 1 saturated heterocycles. The second kappa shape index (κ2) is 6.41. The maximum atomic E-state index is 12.5. The van der Waals surface area contributed by atoms with Crippen LogP contribution in [0.5, 0.6) is 11.5 Å². The Bertz CT molecular complexity index is 747. The number of rotatable bonds is 5. The van der Waals surface area contributed by atoms with E-state index in [4.69, 9.17) is 15.2 Å². The number of nitrogen functional groups attached to an aromatic ring is 1. The van der Waals surface area contributed by atoms with Gasteiger partial charge >= 0.3 is 6.18 Å². The highest BCUT2D eigenvalue weighted by Crippen LogP contribution is 2.31. The topological polar surface area (TPSA) is 89.6 Å². The number of hydrogen-bond donors (Lipinski definition) is 3. The zero-order valence-corrected chi connectivity index (χ0v) is 13.0. The molecule has 2 aromatic rings. The summed E-state index contributed by atoms with van der Waals surface area (Å²) in [4.78, 5) is 3.34. The van der Waals surface area contributed by atoms with E-state index >= 15 is 0 Å². The molecule has 0 atom stereocenters. The molecule has 0 bridgehead atoms. The number of benzene rings is 1. The normalized spacial score (nSPS) is 16.2. The Morgan fingerprint density at radius 3 is 2.52 bits per heavy atom. The molecule has 0 amide bonds. The van der Waals surface area contributed by atoms with Crippen molar-refractivity contribution in [3.05, 3.63) is 42.2 Å². The summed E-state index contributed by atoms with van der Waals surface area (Å²) in [7, 11) is 0. The number of aliphatic hydroxyl groups is 1. The second-order valence-electron chi connectivity index (χ2n) is 5.80. The van der Waals surface area contributed by atoms with Crippen LogP contribution in [-0.2, 0) is 10.9 Å². The van der Waals surface area contributed by atoms with Crippen molar-refractivity contribution < 1.29 is 27.8 Å². The fourth-order valence-corrected chi connectivity index (χ4v) is 2.20. The van der Waals surface area contributed by atoms with E-state index in [1.54, 1.807) is 18.2 Å². The first-order chi connectivity index (χ1) is 11.8. The van der Waals surface area contributed by atoms with Gasteiger partial charge in [0.2, 0.25) is 0 Å². The van der Waals surface area contributed by atoms with Crippen LogP contribution in [0, 0.1) is 0 Å². The summed E-state index contributed by atoms with van der Waals surface area (Å²) < 4.78 is 48.0. The first kappa shape index (κ1) is 17.3. The van der Waals surface area contributed by atoms with Gasteiger partial charge in [-0.1, -0.05) is 0 Å². The summed E-state index contributed by atoms with van der Waals surface area (Å²) in [5.74, 6) is 0.532. The highest BCUT2D eigenvalue weighted by atomic mass is 19.4. The minimum Gasteiger partial charge on any atom is -0.456 e. The minimum atomic E-state index is -4.50. The van der Waals surface area contributed by atoms with Crippen LogP contribution in [0.15, 0.2) is 36.5 Å². The van der Waals surface area contributed by atoms with Gasteiger partial charge in [-0.05, 0) is 24.3 Å². The van der Waals surface area contributed by atoms with E-state index in [0.717, 1.165) is 12.3 Å². The maximum Gasteiger partial charge on any atom is 0.433 e. The molecule has 0 saturated carbocycles. The van der Waals surface area contributed by atoms with E-state index in [1.165, 1.54) is 6.07 Å². The zero-order valence-electron chi connectivity index (χ0n) is 13.0. The van der Waals surface area contributed by atoms with Gasteiger partial charge in [0.1, 0.15) is 22.8 Å². The van der Waals surface area contributed by atoms with E-state index in [-0.39, 0.29) is 25.5 Å². The fraction of sp³-hybridized carbons (Fsp3) is 0.312. The number of nitrogens with two attached hydrogens (primary N) is 1. The Balaban J connectivity index is 1.69. The number of nitrogens with one attached hydrogen (secondary N) is 1. The number of hydrogen-bond acceptors (Lipinski definition) is 6. The van der Waals surface area contributed by atoms with Crippen LogP contribution in [0.25, 0.3) is 0 Å². The van der Waals surface area contributed by atoms with Crippen molar-refractivity contribution in [3.63, 3.8) is 0 Å². The third-order valence-electron chi connectivity index (χ3n) is 3.64. The van der Waals surface area contributed by atoms with Gasteiger partial charge in [0.15, 0.2) is 0 Å². The number of halogens is 3. The van der Waals surface area contributed by atoms with Gasteiger partial charge in [0, 0.05) is 12.6 Å². The molecular weight excluding hydrogens is 339 g/mol. The SMILES string of the molecule is Nc1ccc(Oc2ccc(C(F)(F)F)nc2)cc1NCC1(O)COC1. The minimum absolute atomic E-state index is 0.162. The zero-order chi connectivity index (χ0) is 18.1. The molecule has 1 fully saturated rings. The Morgan fingerprint density at radius 2 is 1.96 bits per heavy atom. The number of anilines is 2. The number of alkyl halides is 3. The third kappa shape index (κ3) is 4.12. The summed E-state index contributed by atoms with van der Waals surface area (Å²) in [6.45, 7) is 0.739. The van der Waals surface area contributed by atoms with Crippen LogP contribution < -0.4 is 15.8 Å². The lowest BCUT2D eigenvalue weighted by Crippen LogP contribution is -2.54. The van der Waals surface area contributed by atoms with Gasteiger partial charge in [-0.15, -0.1) is 0 Å². The van der Waals surface area contributed by atoms with E-state index in [0.29, 0.717) is 17.1 Å². The Morgan fingerprint density at radius 1 is 1.24 bits per heavy atom. The van der Waals surface area contributed by atoms with Crippen LogP contribution in [0.2, 0.25) is 0 Å². The molecule has 1 aromatic heterocycles. The van der Waals surface area contributed by atoms with Crippen molar-refractivity contribution in [2.24, 2.45) is 0 Å². The van der Waals surface area contributed by atoms with Crippen molar-refractivity contribution in [1.29, 1.82) is 0 Å². The smallest absolute Gasteiger partial charge is 0.433 e. The monoisotopic (exact) mass is 355 g/mol. The van der Waals surface area contributed by atoms with E-state index in [9.17, 15) is 18.3 Å². The van der Waals surface area contributed by atoms with Crippen LogP contribution in [0.4, 0.5) is 24.5 Å². The molecule has 2 heterocycles. The summed E-state index contributed by atoms with van der Waals surface area (Å²) in [6, 6.07) is 6.80. The molecule has 1 aliphatic heterocycles. The average molecular weight is 355 g/mol. The summed E-state index contributed by atoms with van der Waals surface area (Å²) in [5.41, 5.74) is 4.94. The van der Waals surface area contributed by atoms with Crippen LogP contribution >= 0.6 is 0 Å². The highest BCUT2D eigenvalue weighted by molar-refractivity contribution is 5.68. The summed E-state index contributed by atoms with van der Waals surface area (Å²) in [6.07, 6.45) is -3.50. The summed E-state index contributed by atoms with van der Waals surface area (Å²) >= 11 is 0. The number of pyridine rings is 1. The lowest BCUT2D eigenvalue weighted by atomic mass is 10.0. The van der Waals surface area contributed by atoms with Gasteiger partial charge in [-0.2, -0.15) is 13.2 Å². The molecule has 4 N–H and O–H groups in total. The van der Waals surface area contributed by atoms with Crippen molar-refractivity contribution >= 4 is 11.4 Å². The summed E-state index contributed by atoms with van der Waals surface area (Å²) in [5, 5.41) is 13.0. The molecule has 0 unspecified atom stereocenters. The maximum absolute atomic E-state index is 12.5. The number of nitrogens with zero attached hydrogens (tertiary/aromatic N) is 1. The van der Waals surface area contributed by atoms with Crippen molar-refractivity contribution in [2.75, 3.05) is 30.8 Å². The molecule has 0 aliphatic carbocycles. The number of aromatic nitrogens is 1. The van der Waals surface area contributed by atoms with Crippen molar-refractivity contribution in [2.45, 2.75) is 11.8 Å². The van der Waals surface area contributed by atoms with Gasteiger partial charge in [-0.25, -0.2) is 4.98 Å². The van der Waals surface area contributed by atoms with E-state index in [2.05, 4.69) is 10.3 Å². The molecule has 1 aromatic carbocycles. The Labute approximate surface area is 141 Å². The van der Waals surface area contributed by atoms with Crippen LogP contribution in [0.1, 0.15) is 5.69 Å². The van der Waals surface area contributed by atoms with E-state index in [1.807, 2.05) is 0 Å². The molecule has 3 rings (SSSR count). The van der Waals surface area contributed by atoms with E-state index < -0.39 is 17.5 Å². The predicted octanol–water partition coefficient (Wildman–Crippen LogP) is 2.65. The quantitative estimate of drug-likeness (QED) is 0.715. The van der Waals surface area contributed by atoms with Crippen LogP contribution in [-0.4, -0.2) is 35.5 Å². The standard InChI is InChI=1S/C16H16F3N3O3/c17-16(18,19)14-4-2-11(6-21-14)25-10-1-3-12(20)13(5-10)22-7-15(23)8-24-9-15/h1-6,22-23H,7-9,20H2. The lowest BCUT2D eigenvalue weighted by molar-refractivity contribution is -0.168. The van der Waals surface area contributed by atoms with Crippen molar-refractivity contribution in [3.8, 4) is 11.5 Å². The van der Waals surface area contributed by atoms with Gasteiger partial charge < -0.3 is 25.6 Å². The van der Waals surface area contributed by atoms with Crippen molar-refractivity contribution in [1.82, 2.24) is 4.98 Å². The Kier molecular flexibility index (Phi) is 4.44. The molecule has 9 heteroatoms. The van der Waals surface area contributed by atoms with Gasteiger partial charge in [0.25, 0.3) is 0 Å². The van der Waals surface area contributed by atoms with Crippen LogP contribution in [0.3, 0.4) is 0 Å². The highest BCUT2D eigenvalue weighted by Gasteiger charge is 2.36. The fourth-order valence-electron chi connectivity index (χ4n) is 2.20. The molecular formula is C16H16F3N3O3. The lowest BCUT2D eigenvalue weighted by Gasteiger charge is -2.36. The first-order valence-corrected chi connectivity index (χ1v) is 7.40. The second-order valence-corrected chi connectivity index (χ2v) is 5.80. The average Bonchev–Trinajstić information content (AvgIpc) is 2.53. The molecule has 25 heavy (non-hydrogen) atoms. The first-order valence-electron chi connectivity index (χ1n) is 7.40. The predicted molar refractivity (Wildman–Crippen MR) is 84.4 cm³/mol. The number of ether oxygens (including phenoxy) is 2. The largest absolute Gasteiger partial charge is 0.456 e. The van der Waals surface area contributed by atoms with Gasteiger partial charge in [-0.3, -0.25) is 0 Å².